The number of allylic oxidation sites excluding steroid dienone is 1. The maximum Gasteiger partial charge on any atom is 0.381 e. The minimum absolute atomic E-state index is 0.218. The van der Waals surface area contributed by atoms with Crippen LogP contribution in [0.2, 0.25) is 0 Å². The Balaban J connectivity index is 3.71. The number of rotatable bonds is 33. The average molecular weight is 813 g/mol. The molecule has 0 heterocycles. The lowest BCUT2D eigenvalue weighted by atomic mass is 10.00. The van der Waals surface area contributed by atoms with Crippen LogP contribution in [-0.4, -0.2) is 107 Å². The SMILES string of the molecule is C#CC(O)/C=C/C(O)CCCCC(O)CC#CC(O)C#CCCC(O)/C=C/CCCCCCCCCCCC(=O)CCCCCCCC(O)C(O)C(O)C#CC(=O)O. The van der Waals surface area contributed by atoms with E-state index in [9.17, 15) is 50.4 Å². The third kappa shape index (κ3) is 35.7. The number of aliphatic hydroxyl groups excluding tert-OH is 8. The van der Waals surface area contributed by atoms with Crippen molar-refractivity contribution in [3.63, 3.8) is 0 Å². The van der Waals surface area contributed by atoms with Crippen LogP contribution in [0.15, 0.2) is 24.3 Å². The van der Waals surface area contributed by atoms with Crippen molar-refractivity contribution in [1.82, 2.24) is 0 Å². The summed E-state index contributed by atoms with van der Waals surface area (Å²) in [5.41, 5.74) is 0. The van der Waals surface area contributed by atoms with Crippen molar-refractivity contribution in [3.05, 3.63) is 24.3 Å². The largest absolute Gasteiger partial charge is 0.472 e. The number of aliphatic carboxylic acids is 1. The Morgan fingerprint density at radius 1 is 0.569 bits per heavy atom. The summed E-state index contributed by atoms with van der Waals surface area (Å²) >= 11 is 0. The van der Waals surface area contributed by atoms with Crippen molar-refractivity contribution in [2.45, 2.75) is 209 Å². The van der Waals surface area contributed by atoms with E-state index in [2.05, 4.69) is 29.6 Å². The van der Waals surface area contributed by atoms with Gasteiger partial charge in [0.05, 0.1) is 24.4 Å². The molecule has 0 rings (SSSR count). The Morgan fingerprint density at radius 3 is 1.72 bits per heavy atom. The maximum atomic E-state index is 12.2. The number of carbonyl (C=O) groups is 2. The highest BCUT2D eigenvalue weighted by Crippen LogP contribution is 2.15. The predicted octanol–water partition coefficient (Wildman–Crippen LogP) is 5.04. The van der Waals surface area contributed by atoms with E-state index in [1.807, 2.05) is 12.0 Å². The summed E-state index contributed by atoms with van der Waals surface area (Å²) in [6, 6.07) is 0. The molecule has 9 N–H and O–H groups in total. The van der Waals surface area contributed by atoms with E-state index >= 15 is 0 Å². The number of hydrogen-bond acceptors (Lipinski definition) is 10. The minimum atomic E-state index is -1.61. The van der Waals surface area contributed by atoms with Gasteiger partial charge in [-0.3, -0.25) is 4.79 Å². The molecule has 58 heavy (non-hydrogen) atoms. The summed E-state index contributed by atoms with van der Waals surface area (Å²) in [6.45, 7) is 0. The second kappa shape index (κ2) is 37.8. The van der Waals surface area contributed by atoms with Gasteiger partial charge in [-0.15, -0.1) is 6.42 Å². The van der Waals surface area contributed by atoms with Crippen molar-refractivity contribution < 1.29 is 55.5 Å². The van der Waals surface area contributed by atoms with Crippen LogP contribution in [0.4, 0.5) is 0 Å². The first-order valence-corrected chi connectivity index (χ1v) is 21.3. The smallest absolute Gasteiger partial charge is 0.381 e. The van der Waals surface area contributed by atoms with Crippen LogP contribution >= 0.6 is 0 Å². The van der Waals surface area contributed by atoms with Crippen molar-refractivity contribution in [2.75, 3.05) is 0 Å². The van der Waals surface area contributed by atoms with Gasteiger partial charge in [0.2, 0.25) is 0 Å². The second-order valence-corrected chi connectivity index (χ2v) is 14.9. The molecule has 0 radical (unpaired) electrons. The van der Waals surface area contributed by atoms with Crippen molar-refractivity contribution in [1.29, 1.82) is 0 Å². The zero-order chi connectivity index (χ0) is 43.2. The number of aliphatic hydroxyl groups is 8. The number of carbonyl (C=O) groups excluding carboxylic acids is 1. The molecule has 8 unspecified atom stereocenters. The topological polar surface area (TPSA) is 216 Å². The fourth-order valence-electron chi connectivity index (χ4n) is 6.02. The molecule has 0 aromatic carbocycles. The monoisotopic (exact) mass is 813 g/mol. The third-order valence-corrected chi connectivity index (χ3v) is 9.54. The van der Waals surface area contributed by atoms with Gasteiger partial charge in [0.15, 0.2) is 6.10 Å². The van der Waals surface area contributed by atoms with E-state index in [0.29, 0.717) is 63.6 Å². The number of Topliss-reactive ketones (excluding diaryl/α,β-unsaturated/α-hetero) is 1. The minimum Gasteiger partial charge on any atom is -0.472 e. The highest BCUT2D eigenvalue weighted by molar-refractivity contribution is 5.86. The van der Waals surface area contributed by atoms with Crippen molar-refractivity contribution >= 4 is 11.8 Å². The van der Waals surface area contributed by atoms with Crippen molar-refractivity contribution in [3.8, 4) is 47.9 Å². The molecule has 0 aliphatic rings. The van der Waals surface area contributed by atoms with E-state index in [-0.39, 0.29) is 12.8 Å². The first-order chi connectivity index (χ1) is 27.8. The van der Waals surface area contributed by atoms with Gasteiger partial charge in [-0.1, -0.05) is 137 Å². The molecule has 0 saturated heterocycles. The summed E-state index contributed by atoms with van der Waals surface area (Å²) < 4.78 is 0. The van der Waals surface area contributed by atoms with Gasteiger partial charge >= 0.3 is 5.97 Å². The predicted molar refractivity (Wildman–Crippen MR) is 227 cm³/mol. The molecule has 0 fully saturated rings. The van der Waals surface area contributed by atoms with Crippen LogP contribution < -0.4 is 0 Å². The fraction of sp³-hybridized carbons (Fsp3) is 0.702. The van der Waals surface area contributed by atoms with Gasteiger partial charge in [0, 0.05) is 31.6 Å². The highest BCUT2D eigenvalue weighted by atomic mass is 16.4. The number of terminal acetylenes is 1. The molecule has 0 amide bonds. The van der Waals surface area contributed by atoms with Gasteiger partial charge in [-0.05, 0) is 57.4 Å². The van der Waals surface area contributed by atoms with E-state index in [1.54, 1.807) is 12.0 Å². The molecule has 0 saturated carbocycles. The summed E-state index contributed by atoms with van der Waals surface area (Å²) in [4.78, 5) is 22.6. The Kier molecular flexibility index (Phi) is 35.5. The first kappa shape index (κ1) is 54.5. The molecule has 0 aromatic rings. The zero-order valence-corrected chi connectivity index (χ0v) is 34.5. The number of hydrogen-bond donors (Lipinski definition) is 9. The van der Waals surface area contributed by atoms with E-state index < -0.39 is 54.8 Å². The summed E-state index contributed by atoms with van der Waals surface area (Å²) in [6.07, 6.45) is 23.7. The molecule has 326 valence electrons. The molecular formula is C47H72O11. The Bertz CT molecular complexity index is 1370. The Morgan fingerprint density at radius 2 is 1.10 bits per heavy atom. The Hall–Kier alpha value is -3.46. The average Bonchev–Trinajstić information content (AvgIpc) is 3.20. The summed E-state index contributed by atoms with van der Waals surface area (Å²) in [5.74, 6) is 15.6. The standard InChI is InChI=1S/C47H72O11/c1-2-38(48)34-35-43(53)30-22-21-29-42(52)32-23-31-41(51)28-20-19-27-40(50)26-16-12-9-7-5-3-4-6-8-11-15-24-39(49)25-17-13-10-14-18-33-44(54)47(58)45(55)36-37-46(56)57/h1,16,26,34-35,38,40-45,47-48,50-55,58H,3-15,17-19,21-22,24-25,27,29-30,32-33H2,(H,56,57)/b26-16+,35-34+. The van der Waals surface area contributed by atoms with Gasteiger partial charge in [-0.2, -0.15) is 0 Å². The quantitative estimate of drug-likeness (QED) is 0.0243. The molecule has 0 bridgehead atoms. The molecule has 8 atom stereocenters. The molecule has 11 nitrogen and oxygen atoms in total. The summed E-state index contributed by atoms with van der Waals surface area (Å²) in [7, 11) is 0. The van der Waals surface area contributed by atoms with E-state index in [1.165, 1.54) is 37.8 Å². The van der Waals surface area contributed by atoms with Gasteiger partial charge in [0.1, 0.15) is 24.1 Å². The second-order valence-electron chi connectivity index (χ2n) is 14.9. The molecule has 11 heteroatoms. The molecule has 0 aliphatic heterocycles. The van der Waals surface area contributed by atoms with Crippen LogP contribution in [0.5, 0.6) is 0 Å². The number of ketones is 1. The highest BCUT2D eigenvalue weighted by Gasteiger charge is 2.22. The Labute approximate surface area is 348 Å². The maximum absolute atomic E-state index is 12.2. The number of carboxylic acid groups (broad SMARTS) is 1. The van der Waals surface area contributed by atoms with Gasteiger partial charge in [0.25, 0.3) is 0 Å². The van der Waals surface area contributed by atoms with Gasteiger partial charge < -0.3 is 46.0 Å². The van der Waals surface area contributed by atoms with Crippen LogP contribution in [0, 0.1) is 47.9 Å². The molecular weight excluding hydrogens is 741 g/mol. The van der Waals surface area contributed by atoms with Crippen LogP contribution in [-0.2, 0) is 9.59 Å². The molecule has 0 aromatic heterocycles. The number of unbranched alkanes of at least 4 members (excludes halogenated alkanes) is 14. The lowest BCUT2D eigenvalue weighted by Gasteiger charge is -2.19. The zero-order valence-electron chi connectivity index (χ0n) is 34.5. The first-order valence-electron chi connectivity index (χ1n) is 21.3. The van der Waals surface area contributed by atoms with Gasteiger partial charge in [-0.25, -0.2) is 4.79 Å². The lowest BCUT2D eigenvalue weighted by Crippen LogP contribution is -2.36. The summed E-state index contributed by atoms with van der Waals surface area (Å²) in [5, 5.41) is 87.1. The third-order valence-electron chi connectivity index (χ3n) is 9.54. The lowest BCUT2D eigenvalue weighted by molar-refractivity contribution is -0.130. The van der Waals surface area contributed by atoms with Crippen LogP contribution in [0.25, 0.3) is 0 Å². The normalized spacial score (nSPS) is 15.4. The van der Waals surface area contributed by atoms with Crippen LogP contribution in [0.1, 0.15) is 161 Å². The molecule has 0 aliphatic carbocycles. The number of carboxylic acids is 1. The molecule has 0 spiro atoms. The van der Waals surface area contributed by atoms with E-state index in [4.69, 9.17) is 11.5 Å². The van der Waals surface area contributed by atoms with Crippen molar-refractivity contribution in [2.24, 2.45) is 0 Å². The van der Waals surface area contributed by atoms with Crippen LogP contribution in [0.3, 0.4) is 0 Å². The fourth-order valence-corrected chi connectivity index (χ4v) is 6.02. The van der Waals surface area contributed by atoms with E-state index in [0.717, 1.165) is 64.2 Å².